The second-order valence-corrected chi connectivity index (χ2v) is 8.58. The summed E-state index contributed by atoms with van der Waals surface area (Å²) in [6, 6.07) is 17.8. The number of hydrogen-bond acceptors (Lipinski definition) is 5. The Kier molecular flexibility index (Phi) is 6.01. The molecule has 3 aromatic carbocycles. The molecular formula is C23H15BrFN3O2S. The van der Waals surface area contributed by atoms with Gasteiger partial charge in [-0.3, -0.25) is 9.59 Å². The van der Waals surface area contributed by atoms with Crippen molar-refractivity contribution in [3.8, 4) is 0 Å². The third-order valence-corrected chi connectivity index (χ3v) is 5.93. The molecule has 0 atom stereocenters. The molecule has 0 aliphatic carbocycles. The molecule has 0 N–H and O–H groups in total. The molecule has 1 heterocycles. The van der Waals surface area contributed by atoms with Gasteiger partial charge in [0, 0.05) is 15.6 Å². The predicted octanol–water partition coefficient (Wildman–Crippen LogP) is 6.08. The van der Waals surface area contributed by atoms with Gasteiger partial charge < -0.3 is 0 Å². The summed E-state index contributed by atoms with van der Waals surface area (Å²) in [6.07, 6.45) is 1.48. The summed E-state index contributed by atoms with van der Waals surface area (Å²) >= 11 is 4.76. The Morgan fingerprint density at radius 1 is 1.03 bits per heavy atom. The second kappa shape index (κ2) is 8.87. The van der Waals surface area contributed by atoms with Crippen LogP contribution in [0, 0.1) is 5.82 Å². The zero-order chi connectivity index (χ0) is 22.0. The molecule has 0 aliphatic rings. The molecule has 0 saturated heterocycles. The summed E-state index contributed by atoms with van der Waals surface area (Å²) in [4.78, 5) is 29.4. The van der Waals surface area contributed by atoms with Crippen LogP contribution < -0.4 is 5.01 Å². The maximum Gasteiger partial charge on any atom is 0.280 e. The monoisotopic (exact) mass is 495 g/mol. The minimum Gasteiger partial charge on any atom is -0.295 e. The molecule has 1 aromatic heterocycles. The van der Waals surface area contributed by atoms with Crippen LogP contribution in [0.3, 0.4) is 0 Å². The number of thiazole rings is 1. The maximum absolute atomic E-state index is 13.3. The number of ketones is 1. The van der Waals surface area contributed by atoms with Gasteiger partial charge in [-0.25, -0.2) is 9.37 Å². The zero-order valence-corrected chi connectivity index (χ0v) is 18.7. The molecule has 0 bridgehead atoms. The van der Waals surface area contributed by atoms with E-state index in [1.807, 2.05) is 18.2 Å². The Bertz CT molecular complexity index is 1300. The van der Waals surface area contributed by atoms with E-state index in [9.17, 15) is 14.0 Å². The van der Waals surface area contributed by atoms with Gasteiger partial charge in [0.25, 0.3) is 5.91 Å². The zero-order valence-electron chi connectivity index (χ0n) is 16.3. The van der Waals surface area contributed by atoms with Gasteiger partial charge in [-0.2, -0.15) is 10.1 Å². The molecule has 8 heteroatoms. The highest BCUT2D eigenvalue weighted by molar-refractivity contribution is 9.10. The number of amides is 1. The molecule has 0 fully saturated rings. The number of halogens is 2. The molecule has 31 heavy (non-hydrogen) atoms. The number of carbonyl (C=O) groups excluding carboxylic acids is 2. The van der Waals surface area contributed by atoms with Gasteiger partial charge in [0.15, 0.2) is 5.78 Å². The Labute approximate surface area is 190 Å². The average Bonchev–Trinajstić information content (AvgIpc) is 3.17. The Balaban J connectivity index is 1.74. The summed E-state index contributed by atoms with van der Waals surface area (Å²) < 4.78 is 15.0. The summed E-state index contributed by atoms with van der Waals surface area (Å²) in [5.74, 6) is -0.832. The fourth-order valence-corrected chi connectivity index (χ4v) is 4.28. The fraction of sp³-hybridized carbons (Fsp3) is 0.0435. The first-order valence-electron chi connectivity index (χ1n) is 9.22. The van der Waals surface area contributed by atoms with Gasteiger partial charge in [-0.05, 0) is 55.0 Å². The van der Waals surface area contributed by atoms with Crippen molar-refractivity contribution >= 4 is 60.5 Å². The number of anilines is 1. The highest BCUT2D eigenvalue weighted by Crippen LogP contribution is 2.32. The lowest BCUT2D eigenvalue weighted by molar-refractivity contribution is 0.0983. The van der Waals surface area contributed by atoms with E-state index in [0.29, 0.717) is 21.8 Å². The molecule has 0 radical (unpaired) electrons. The Morgan fingerprint density at radius 3 is 2.39 bits per heavy atom. The molecule has 1 amide bonds. The van der Waals surface area contributed by atoms with Crippen molar-refractivity contribution in [2.45, 2.75) is 6.92 Å². The van der Waals surface area contributed by atoms with E-state index < -0.39 is 5.91 Å². The van der Waals surface area contributed by atoms with Crippen LogP contribution in [-0.4, -0.2) is 22.9 Å². The summed E-state index contributed by atoms with van der Waals surface area (Å²) in [6.45, 7) is 1.47. The first-order chi connectivity index (χ1) is 14.9. The number of rotatable bonds is 5. The summed E-state index contributed by atoms with van der Waals surface area (Å²) in [5.41, 5.74) is 2.25. The predicted molar refractivity (Wildman–Crippen MR) is 125 cm³/mol. The lowest BCUT2D eigenvalue weighted by Gasteiger charge is -2.14. The Morgan fingerprint density at radius 2 is 1.71 bits per heavy atom. The van der Waals surface area contributed by atoms with Crippen LogP contribution >= 0.6 is 27.3 Å². The first-order valence-corrected chi connectivity index (χ1v) is 10.8. The van der Waals surface area contributed by atoms with Gasteiger partial charge in [-0.1, -0.05) is 51.5 Å². The molecule has 0 aliphatic heterocycles. The van der Waals surface area contributed by atoms with Crippen molar-refractivity contribution in [1.29, 1.82) is 0 Å². The van der Waals surface area contributed by atoms with Gasteiger partial charge in [0.1, 0.15) is 5.82 Å². The highest BCUT2D eigenvalue weighted by Gasteiger charge is 2.21. The number of fused-ring (bicyclic) bond motifs is 1. The number of carbonyl (C=O) groups is 2. The normalized spacial score (nSPS) is 11.2. The minimum absolute atomic E-state index is 0.0815. The Hall–Kier alpha value is -3.23. The van der Waals surface area contributed by atoms with Crippen molar-refractivity contribution in [3.05, 3.63) is 93.7 Å². The number of benzene rings is 3. The molecular weight excluding hydrogens is 481 g/mol. The van der Waals surface area contributed by atoms with Crippen molar-refractivity contribution in [1.82, 2.24) is 4.98 Å². The minimum atomic E-state index is -0.397. The fourth-order valence-electron chi connectivity index (χ4n) is 2.81. The van der Waals surface area contributed by atoms with Crippen LogP contribution in [0.15, 0.2) is 76.3 Å². The third-order valence-electron chi connectivity index (χ3n) is 4.44. The molecule has 0 unspecified atom stereocenters. The summed E-state index contributed by atoms with van der Waals surface area (Å²) in [7, 11) is 0. The van der Waals surface area contributed by atoms with E-state index in [2.05, 4.69) is 26.0 Å². The highest BCUT2D eigenvalue weighted by atomic mass is 79.9. The maximum atomic E-state index is 13.3. The topological polar surface area (TPSA) is 62.6 Å². The van der Waals surface area contributed by atoms with Gasteiger partial charge in [0.05, 0.1) is 16.4 Å². The smallest absolute Gasteiger partial charge is 0.280 e. The van der Waals surface area contributed by atoms with Crippen LogP contribution in [0.25, 0.3) is 10.2 Å². The number of nitrogens with zero attached hydrogens (tertiary/aromatic N) is 3. The second-order valence-electron chi connectivity index (χ2n) is 6.66. The van der Waals surface area contributed by atoms with E-state index in [0.717, 1.165) is 14.7 Å². The van der Waals surface area contributed by atoms with E-state index in [1.165, 1.54) is 41.6 Å². The van der Waals surface area contributed by atoms with Crippen molar-refractivity contribution in [2.24, 2.45) is 5.10 Å². The van der Waals surface area contributed by atoms with Crippen LogP contribution in [-0.2, 0) is 0 Å². The molecule has 154 valence electrons. The van der Waals surface area contributed by atoms with Crippen LogP contribution in [0.4, 0.5) is 9.52 Å². The quantitative estimate of drug-likeness (QED) is 0.191. The van der Waals surface area contributed by atoms with Gasteiger partial charge in [-0.15, -0.1) is 0 Å². The van der Waals surface area contributed by atoms with E-state index in [1.54, 1.807) is 36.4 Å². The largest absolute Gasteiger partial charge is 0.295 e. The molecule has 0 spiro atoms. The van der Waals surface area contributed by atoms with Crippen molar-refractivity contribution in [2.75, 3.05) is 5.01 Å². The molecule has 0 saturated carbocycles. The van der Waals surface area contributed by atoms with Crippen molar-refractivity contribution < 1.29 is 14.0 Å². The first kappa shape index (κ1) is 21.0. The van der Waals surface area contributed by atoms with E-state index in [-0.39, 0.29) is 11.6 Å². The molecule has 4 rings (SSSR count). The molecule has 4 aromatic rings. The SMILES string of the molecule is CC(=O)c1ccc(C(=O)N(/N=C/c2ccc(F)cc2)c2nc3ccc(Br)cc3s2)cc1. The van der Waals surface area contributed by atoms with Crippen LogP contribution in [0.2, 0.25) is 0 Å². The summed E-state index contributed by atoms with van der Waals surface area (Å²) in [5, 5.41) is 5.96. The lowest BCUT2D eigenvalue weighted by Crippen LogP contribution is -2.25. The van der Waals surface area contributed by atoms with Crippen LogP contribution in [0.5, 0.6) is 0 Å². The van der Waals surface area contributed by atoms with E-state index >= 15 is 0 Å². The molecule has 5 nitrogen and oxygen atoms in total. The average molecular weight is 496 g/mol. The third kappa shape index (κ3) is 4.76. The van der Waals surface area contributed by atoms with Gasteiger partial charge in [0.2, 0.25) is 5.13 Å². The number of Topliss-reactive ketones (excluding diaryl/α,β-unsaturated/α-hetero) is 1. The number of hydrazone groups is 1. The number of hydrogen-bond donors (Lipinski definition) is 0. The lowest BCUT2D eigenvalue weighted by atomic mass is 10.1. The van der Waals surface area contributed by atoms with Crippen LogP contribution in [0.1, 0.15) is 33.2 Å². The van der Waals surface area contributed by atoms with Crippen molar-refractivity contribution in [3.63, 3.8) is 0 Å². The van der Waals surface area contributed by atoms with Gasteiger partial charge >= 0.3 is 0 Å². The number of aromatic nitrogens is 1. The standard InChI is InChI=1S/C23H15BrFN3O2S/c1-14(29)16-4-6-17(7-5-16)22(30)28(26-13-15-2-9-19(25)10-3-15)23-27-20-11-8-18(24)12-21(20)31-23/h2-13H,1H3/b26-13+. The van der Waals surface area contributed by atoms with E-state index in [4.69, 9.17) is 0 Å².